The molecule has 0 aliphatic carbocycles. The Kier molecular flexibility index (Phi) is 4.43. The average molecular weight is 340 g/mol. The Morgan fingerprint density at radius 2 is 1.83 bits per heavy atom. The molecule has 1 aliphatic rings. The molecular weight excluding hydrogens is 324 g/mol. The summed E-state index contributed by atoms with van der Waals surface area (Å²) in [6.07, 6.45) is -7.36. The molecule has 1 aromatic carbocycles. The molecule has 1 saturated heterocycles. The van der Waals surface area contributed by atoms with Gasteiger partial charge < -0.3 is 39.4 Å². The Morgan fingerprint density at radius 3 is 2.54 bits per heavy atom. The van der Waals surface area contributed by atoms with Crippen LogP contribution in [0.1, 0.15) is 0 Å². The summed E-state index contributed by atoms with van der Waals surface area (Å²) in [4.78, 5) is 11.3. The van der Waals surface area contributed by atoms with Gasteiger partial charge in [0.2, 0.25) is 6.29 Å². The van der Waals surface area contributed by atoms with Crippen LogP contribution in [0.25, 0.3) is 11.0 Å². The van der Waals surface area contributed by atoms with Crippen LogP contribution in [-0.2, 0) is 4.74 Å². The zero-order chi connectivity index (χ0) is 17.4. The number of phenols is 1. The maximum atomic E-state index is 11.3. The molecule has 0 amide bonds. The minimum absolute atomic E-state index is 0.139. The molecule has 0 radical (unpaired) electrons. The minimum Gasteiger partial charge on any atom is -0.504 e. The van der Waals surface area contributed by atoms with Crippen LogP contribution in [0, 0.1) is 0 Å². The topological polar surface area (TPSA) is 150 Å². The maximum Gasteiger partial charge on any atom is 0.336 e. The Hall–Kier alpha value is -2.17. The second kappa shape index (κ2) is 6.38. The van der Waals surface area contributed by atoms with Gasteiger partial charge in [0.05, 0.1) is 6.61 Å². The molecule has 130 valence electrons. The molecular formula is C15H16O9. The van der Waals surface area contributed by atoms with Gasteiger partial charge in [-0.2, -0.15) is 0 Å². The molecule has 1 aliphatic heterocycles. The van der Waals surface area contributed by atoms with Gasteiger partial charge in [-0.15, -0.1) is 0 Å². The number of hydrogen-bond donors (Lipinski definition) is 5. The molecule has 0 saturated carbocycles. The highest BCUT2D eigenvalue weighted by atomic mass is 16.7. The molecule has 1 aromatic heterocycles. The van der Waals surface area contributed by atoms with Crippen molar-refractivity contribution in [3.63, 3.8) is 0 Å². The zero-order valence-corrected chi connectivity index (χ0v) is 12.3. The lowest BCUT2D eigenvalue weighted by Crippen LogP contribution is -2.60. The first-order chi connectivity index (χ1) is 11.4. The van der Waals surface area contributed by atoms with Gasteiger partial charge in [-0.3, -0.25) is 0 Å². The molecule has 3 rings (SSSR count). The fourth-order valence-corrected chi connectivity index (χ4v) is 2.47. The summed E-state index contributed by atoms with van der Waals surface area (Å²) >= 11 is 0. The minimum atomic E-state index is -1.62. The van der Waals surface area contributed by atoms with Gasteiger partial charge in [0.15, 0.2) is 11.5 Å². The third kappa shape index (κ3) is 2.95. The summed E-state index contributed by atoms with van der Waals surface area (Å²) in [6, 6.07) is 5.17. The van der Waals surface area contributed by atoms with Crippen molar-refractivity contribution in [3.05, 3.63) is 34.7 Å². The normalized spacial score (nSPS) is 30.4. The fraction of sp³-hybridized carbons (Fsp3) is 0.400. The number of aromatic hydroxyl groups is 1. The van der Waals surface area contributed by atoms with Crippen LogP contribution in [0.4, 0.5) is 0 Å². The second-order valence-corrected chi connectivity index (χ2v) is 5.43. The summed E-state index contributed by atoms with van der Waals surface area (Å²) in [5.74, 6) is -0.477. The van der Waals surface area contributed by atoms with Crippen LogP contribution in [0.3, 0.4) is 0 Å². The predicted octanol–water partition coefficient (Wildman–Crippen LogP) is -1.32. The summed E-state index contributed by atoms with van der Waals surface area (Å²) in [5.41, 5.74) is -0.452. The highest BCUT2D eigenvalue weighted by Gasteiger charge is 2.44. The summed E-state index contributed by atoms with van der Waals surface area (Å²) in [6.45, 7) is -0.608. The molecule has 1 fully saturated rings. The van der Waals surface area contributed by atoms with E-state index in [1.54, 1.807) is 0 Å². The van der Waals surface area contributed by atoms with E-state index in [2.05, 4.69) is 0 Å². The van der Waals surface area contributed by atoms with Gasteiger partial charge in [-0.05, 0) is 12.1 Å². The molecule has 5 N–H and O–H groups in total. The average Bonchev–Trinajstić information content (AvgIpc) is 2.56. The van der Waals surface area contributed by atoms with Crippen molar-refractivity contribution in [1.29, 1.82) is 0 Å². The molecule has 5 atom stereocenters. The van der Waals surface area contributed by atoms with Crippen LogP contribution >= 0.6 is 0 Å². The zero-order valence-electron chi connectivity index (χ0n) is 12.3. The largest absolute Gasteiger partial charge is 0.504 e. The molecule has 9 heteroatoms. The van der Waals surface area contributed by atoms with E-state index in [9.17, 15) is 25.2 Å². The second-order valence-electron chi connectivity index (χ2n) is 5.43. The van der Waals surface area contributed by atoms with Gasteiger partial charge in [0.1, 0.15) is 30.0 Å². The van der Waals surface area contributed by atoms with Crippen LogP contribution < -0.4 is 10.4 Å². The highest BCUT2D eigenvalue weighted by Crippen LogP contribution is 2.33. The van der Waals surface area contributed by atoms with E-state index in [0.29, 0.717) is 5.39 Å². The fourth-order valence-electron chi connectivity index (χ4n) is 2.47. The van der Waals surface area contributed by atoms with Crippen LogP contribution in [-0.4, -0.2) is 62.8 Å². The predicted molar refractivity (Wildman–Crippen MR) is 78.5 cm³/mol. The SMILES string of the molecule is O=c1ccc2cc(O)c(OC3OC(CO)C(O)C(O)C3O)cc2o1. The van der Waals surface area contributed by atoms with Gasteiger partial charge >= 0.3 is 5.63 Å². The van der Waals surface area contributed by atoms with Crippen molar-refractivity contribution in [1.82, 2.24) is 0 Å². The van der Waals surface area contributed by atoms with Crippen molar-refractivity contribution < 1.29 is 39.4 Å². The number of aliphatic hydroxyl groups is 4. The maximum absolute atomic E-state index is 11.3. The number of phenolic OH excluding ortho intramolecular Hbond substituents is 1. The lowest BCUT2D eigenvalue weighted by atomic mass is 9.99. The molecule has 0 bridgehead atoms. The highest BCUT2D eigenvalue weighted by molar-refractivity contribution is 5.80. The molecule has 5 unspecified atom stereocenters. The van der Waals surface area contributed by atoms with Gasteiger partial charge in [0.25, 0.3) is 0 Å². The molecule has 9 nitrogen and oxygen atoms in total. The number of ether oxygens (including phenoxy) is 2. The molecule has 2 aromatic rings. The lowest BCUT2D eigenvalue weighted by molar-refractivity contribution is -0.277. The number of aliphatic hydroxyl groups excluding tert-OH is 4. The van der Waals surface area contributed by atoms with Crippen molar-refractivity contribution in [2.45, 2.75) is 30.7 Å². The van der Waals surface area contributed by atoms with Crippen molar-refractivity contribution in [3.8, 4) is 11.5 Å². The summed E-state index contributed by atoms with van der Waals surface area (Å²) in [7, 11) is 0. The van der Waals surface area contributed by atoms with Crippen molar-refractivity contribution in [2.24, 2.45) is 0 Å². The summed E-state index contributed by atoms with van der Waals surface area (Å²) in [5, 5.41) is 49.0. The third-order valence-electron chi connectivity index (χ3n) is 3.79. The first kappa shape index (κ1) is 16.7. The van der Waals surface area contributed by atoms with Crippen LogP contribution in [0.5, 0.6) is 11.5 Å². The van der Waals surface area contributed by atoms with Crippen molar-refractivity contribution in [2.75, 3.05) is 6.61 Å². The van der Waals surface area contributed by atoms with Crippen LogP contribution in [0.2, 0.25) is 0 Å². The molecule has 0 spiro atoms. The van der Waals surface area contributed by atoms with E-state index in [1.165, 1.54) is 24.3 Å². The Bertz CT molecular complexity index is 784. The number of rotatable bonds is 3. The Morgan fingerprint density at radius 1 is 1.08 bits per heavy atom. The number of hydrogen-bond acceptors (Lipinski definition) is 9. The van der Waals surface area contributed by atoms with E-state index in [1.807, 2.05) is 0 Å². The van der Waals surface area contributed by atoms with E-state index >= 15 is 0 Å². The van der Waals surface area contributed by atoms with Crippen molar-refractivity contribution >= 4 is 11.0 Å². The third-order valence-corrected chi connectivity index (χ3v) is 3.79. The Balaban J connectivity index is 1.90. The van der Waals surface area contributed by atoms with E-state index in [0.717, 1.165) is 0 Å². The van der Waals surface area contributed by atoms with E-state index in [-0.39, 0.29) is 17.1 Å². The first-order valence-corrected chi connectivity index (χ1v) is 7.15. The standard InChI is InChI=1S/C15H16O9/c16-5-10-12(19)13(20)14(21)15(24-10)23-9-4-8-6(3-7(9)17)1-2-11(18)22-8/h1-4,10,12-17,19-21H,5H2. The molecule has 24 heavy (non-hydrogen) atoms. The van der Waals surface area contributed by atoms with Crippen LogP contribution in [0.15, 0.2) is 33.5 Å². The summed E-state index contributed by atoms with van der Waals surface area (Å²) < 4.78 is 15.5. The lowest BCUT2D eigenvalue weighted by Gasteiger charge is -2.39. The quantitative estimate of drug-likeness (QED) is 0.429. The molecule has 2 heterocycles. The van der Waals surface area contributed by atoms with Gasteiger partial charge in [-0.1, -0.05) is 0 Å². The van der Waals surface area contributed by atoms with Gasteiger partial charge in [-0.25, -0.2) is 4.79 Å². The number of benzene rings is 1. The first-order valence-electron chi connectivity index (χ1n) is 7.15. The van der Waals surface area contributed by atoms with E-state index < -0.39 is 42.9 Å². The van der Waals surface area contributed by atoms with E-state index in [4.69, 9.17) is 19.0 Å². The Labute approximate surface area is 134 Å². The monoisotopic (exact) mass is 340 g/mol. The number of fused-ring (bicyclic) bond motifs is 1. The smallest absolute Gasteiger partial charge is 0.336 e. The van der Waals surface area contributed by atoms with Gasteiger partial charge in [0, 0.05) is 17.5 Å².